The Bertz CT molecular complexity index is 199. The Hall–Kier alpha value is -0.660. The zero-order valence-corrected chi connectivity index (χ0v) is 6.24. The molecule has 50 valence electrons. The van der Waals surface area contributed by atoms with Crippen molar-refractivity contribution in [3.63, 3.8) is 0 Å². The number of ether oxygens (including phenoxy) is 2. The zero-order valence-electron chi connectivity index (χ0n) is 5.34. The van der Waals surface area contributed by atoms with Crippen LogP contribution in [-0.4, -0.2) is 19.2 Å². The summed E-state index contributed by atoms with van der Waals surface area (Å²) in [5.41, 5.74) is 0. The minimum Gasteiger partial charge on any atom is -0.492 e. The standard InChI is InChI=1S/C6H8O2S/c1-7-5-3-9-4-6(5)8-2/h3,9H,1-2H3. The summed E-state index contributed by atoms with van der Waals surface area (Å²) >= 11 is 1.01. The Labute approximate surface area is 57.7 Å². The lowest BCUT2D eigenvalue weighted by Gasteiger charge is -2.01. The van der Waals surface area contributed by atoms with Crippen LogP contribution in [0.1, 0.15) is 0 Å². The van der Waals surface area contributed by atoms with Crippen LogP contribution in [0.25, 0.3) is 0 Å². The van der Waals surface area contributed by atoms with Gasteiger partial charge in [0.1, 0.15) is 0 Å². The Balaban J connectivity index is 2.72. The second-order valence-corrected chi connectivity index (χ2v) is 2.21. The van der Waals surface area contributed by atoms with E-state index in [-0.39, 0.29) is 0 Å². The van der Waals surface area contributed by atoms with E-state index in [0.29, 0.717) is 5.76 Å². The first-order chi connectivity index (χ1) is 4.38. The van der Waals surface area contributed by atoms with E-state index >= 15 is 0 Å². The van der Waals surface area contributed by atoms with E-state index in [1.165, 1.54) is 0 Å². The highest BCUT2D eigenvalue weighted by atomic mass is 32.1. The summed E-state index contributed by atoms with van der Waals surface area (Å²) in [6.45, 7) is 0. The number of hydrogen-bond acceptors (Lipinski definition) is 2. The number of thiol groups is 1. The van der Waals surface area contributed by atoms with E-state index in [1.54, 1.807) is 14.2 Å². The van der Waals surface area contributed by atoms with Gasteiger partial charge >= 0.3 is 0 Å². The molecular formula is C6H8O2S. The van der Waals surface area contributed by atoms with Gasteiger partial charge in [-0.25, -0.2) is 0 Å². The maximum Gasteiger partial charge on any atom is 0.211 e. The van der Waals surface area contributed by atoms with Gasteiger partial charge in [0.25, 0.3) is 0 Å². The molecule has 0 aromatic rings. The molecule has 0 aliphatic carbocycles. The smallest absolute Gasteiger partial charge is 0.211 e. The minimum absolute atomic E-state index is 0.708. The molecule has 0 saturated carbocycles. The number of methoxy groups -OCH3 is 2. The molecule has 1 heterocycles. The monoisotopic (exact) mass is 144 g/mol. The van der Waals surface area contributed by atoms with E-state index < -0.39 is 0 Å². The summed E-state index contributed by atoms with van der Waals surface area (Å²) < 4.78 is 9.86. The van der Waals surface area contributed by atoms with Crippen LogP contribution in [0.5, 0.6) is 0 Å². The summed E-state index contributed by atoms with van der Waals surface area (Å²) in [5.74, 6) is 1.48. The van der Waals surface area contributed by atoms with Crippen molar-refractivity contribution in [2.75, 3.05) is 14.2 Å². The largest absolute Gasteiger partial charge is 0.492 e. The molecule has 2 nitrogen and oxygen atoms in total. The first-order valence-corrected chi connectivity index (χ1v) is 3.46. The van der Waals surface area contributed by atoms with Gasteiger partial charge in [-0.1, -0.05) is 0 Å². The van der Waals surface area contributed by atoms with Crippen molar-refractivity contribution in [2.45, 2.75) is 0 Å². The lowest BCUT2D eigenvalue weighted by Crippen LogP contribution is -1.91. The van der Waals surface area contributed by atoms with E-state index in [0.717, 1.165) is 17.1 Å². The highest BCUT2D eigenvalue weighted by Crippen LogP contribution is 2.15. The molecule has 0 radical (unpaired) electrons. The van der Waals surface area contributed by atoms with Gasteiger partial charge in [0.05, 0.1) is 14.2 Å². The van der Waals surface area contributed by atoms with Crippen LogP contribution in [-0.2, 0) is 9.47 Å². The van der Waals surface area contributed by atoms with Crippen LogP contribution in [0.3, 0.4) is 0 Å². The van der Waals surface area contributed by atoms with Crippen molar-refractivity contribution < 1.29 is 9.47 Å². The Morgan fingerprint density at radius 3 is 2.67 bits per heavy atom. The SMILES string of the molecule is COC1=C=[SH]C=C1OC. The molecule has 0 aromatic heterocycles. The molecular weight excluding hydrogens is 136 g/mol. The van der Waals surface area contributed by atoms with Gasteiger partial charge in [-0.05, 0) is 5.02 Å². The van der Waals surface area contributed by atoms with Gasteiger partial charge in [0.15, 0.2) is 5.76 Å². The number of hydrogen-bond donors (Lipinski definition) is 1. The van der Waals surface area contributed by atoms with Crippen LogP contribution in [0.2, 0.25) is 0 Å². The molecule has 3 heteroatoms. The Morgan fingerprint density at radius 1 is 1.44 bits per heavy atom. The minimum atomic E-state index is 0.708. The lowest BCUT2D eigenvalue weighted by atomic mass is 10.5. The van der Waals surface area contributed by atoms with Crippen molar-refractivity contribution >= 4 is 16.4 Å². The van der Waals surface area contributed by atoms with Crippen LogP contribution in [0, 0.1) is 0 Å². The summed E-state index contributed by atoms with van der Waals surface area (Å²) in [6, 6.07) is 0. The normalized spacial score (nSPS) is 15.8. The maximum atomic E-state index is 4.94. The topological polar surface area (TPSA) is 18.5 Å². The van der Waals surface area contributed by atoms with Gasteiger partial charge in [0, 0.05) is 5.41 Å². The average Bonchev–Trinajstić information content (AvgIpc) is 2.33. The Morgan fingerprint density at radius 2 is 2.22 bits per heavy atom. The second kappa shape index (κ2) is 2.76. The fraction of sp³-hybridized carbons (Fsp3) is 0.333. The maximum absolute atomic E-state index is 4.94. The molecule has 0 aromatic carbocycles. The first-order valence-electron chi connectivity index (χ1n) is 2.50. The summed E-state index contributed by atoms with van der Waals surface area (Å²) in [7, 11) is 3.23. The molecule has 9 heavy (non-hydrogen) atoms. The average molecular weight is 144 g/mol. The first kappa shape index (κ1) is 6.46. The summed E-state index contributed by atoms with van der Waals surface area (Å²) in [5, 5.41) is 4.86. The Kier molecular flexibility index (Phi) is 1.98. The van der Waals surface area contributed by atoms with Gasteiger partial charge in [-0.2, -0.15) is 0 Å². The van der Waals surface area contributed by atoms with Crippen molar-refractivity contribution in [1.29, 1.82) is 0 Å². The van der Waals surface area contributed by atoms with Crippen molar-refractivity contribution in [3.05, 3.63) is 16.9 Å². The predicted molar refractivity (Wildman–Crippen MR) is 39.6 cm³/mol. The van der Waals surface area contributed by atoms with Crippen LogP contribution in [0.15, 0.2) is 16.9 Å². The van der Waals surface area contributed by atoms with Gasteiger partial charge in [0.2, 0.25) is 5.76 Å². The third kappa shape index (κ3) is 1.18. The third-order valence-electron chi connectivity index (χ3n) is 0.996. The molecule has 1 aliphatic heterocycles. The predicted octanol–water partition coefficient (Wildman–Crippen LogP) is 0.885. The molecule has 0 saturated heterocycles. The molecule has 1 aliphatic rings. The van der Waals surface area contributed by atoms with Crippen LogP contribution < -0.4 is 0 Å². The highest BCUT2D eigenvalue weighted by Gasteiger charge is 2.05. The highest BCUT2D eigenvalue weighted by molar-refractivity contribution is 8.00. The fourth-order valence-electron chi connectivity index (χ4n) is 0.555. The number of rotatable bonds is 2. The van der Waals surface area contributed by atoms with Crippen molar-refractivity contribution in [2.24, 2.45) is 0 Å². The molecule has 0 unspecified atom stereocenters. The van der Waals surface area contributed by atoms with Gasteiger partial charge in [-0.15, -0.1) is 11.4 Å². The van der Waals surface area contributed by atoms with Gasteiger partial charge < -0.3 is 9.47 Å². The molecule has 0 bridgehead atoms. The van der Waals surface area contributed by atoms with Crippen molar-refractivity contribution in [3.8, 4) is 0 Å². The third-order valence-corrected chi connectivity index (χ3v) is 1.69. The van der Waals surface area contributed by atoms with E-state index in [1.807, 2.05) is 5.41 Å². The van der Waals surface area contributed by atoms with E-state index in [4.69, 9.17) is 9.47 Å². The summed E-state index contributed by atoms with van der Waals surface area (Å²) in [4.78, 5) is 0. The van der Waals surface area contributed by atoms with Gasteiger partial charge in [-0.3, -0.25) is 0 Å². The van der Waals surface area contributed by atoms with E-state index in [2.05, 4.69) is 5.02 Å². The lowest BCUT2D eigenvalue weighted by molar-refractivity contribution is 0.226. The van der Waals surface area contributed by atoms with Crippen LogP contribution in [0.4, 0.5) is 0 Å². The molecule has 0 spiro atoms. The van der Waals surface area contributed by atoms with Crippen LogP contribution >= 0.6 is 11.4 Å². The fourth-order valence-corrected chi connectivity index (χ4v) is 1.28. The molecule has 0 amide bonds. The molecule has 0 fully saturated rings. The zero-order chi connectivity index (χ0) is 6.69. The van der Waals surface area contributed by atoms with E-state index in [9.17, 15) is 0 Å². The van der Waals surface area contributed by atoms with Crippen molar-refractivity contribution in [1.82, 2.24) is 0 Å². The quantitative estimate of drug-likeness (QED) is 0.458. The molecule has 0 N–H and O–H groups in total. The second-order valence-electron chi connectivity index (χ2n) is 1.47. The molecule has 1 rings (SSSR count). The summed E-state index contributed by atoms with van der Waals surface area (Å²) in [6.07, 6.45) is 0. The molecule has 0 atom stereocenters.